The molecule has 4 saturated carbocycles. The van der Waals surface area contributed by atoms with Crippen LogP contribution in [0.3, 0.4) is 0 Å². The Morgan fingerprint density at radius 3 is 2.19 bits per heavy atom. The molecule has 5 unspecified atom stereocenters. The minimum Gasteiger partial charge on any atom is -0.299 e. The third kappa shape index (κ3) is 2.70. The van der Waals surface area contributed by atoms with Gasteiger partial charge in [0.1, 0.15) is 5.78 Å². The van der Waals surface area contributed by atoms with Gasteiger partial charge in [0.2, 0.25) is 0 Å². The Morgan fingerprint density at radius 2 is 1.48 bits per heavy atom. The topological polar surface area (TPSA) is 17.1 Å². The zero-order valence-electron chi connectivity index (χ0n) is 21.8. The lowest BCUT2D eigenvalue weighted by molar-refractivity contribution is -0.184. The van der Waals surface area contributed by atoms with Crippen molar-refractivity contribution in [2.75, 3.05) is 0 Å². The van der Waals surface area contributed by atoms with Crippen LogP contribution in [0.2, 0.25) is 0 Å². The summed E-state index contributed by atoms with van der Waals surface area (Å²) in [6.07, 6.45) is 15.5. The summed E-state index contributed by atoms with van der Waals surface area (Å²) >= 11 is 0. The third-order valence-electron chi connectivity index (χ3n) is 12.8. The van der Waals surface area contributed by atoms with Crippen LogP contribution in [-0.2, 0) is 4.79 Å². The Hall–Kier alpha value is -0.590. The van der Waals surface area contributed by atoms with Crippen LogP contribution in [-0.4, -0.2) is 5.78 Å². The Bertz CT molecular complexity index is 831. The molecule has 0 aromatic rings. The van der Waals surface area contributed by atoms with Crippen LogP contribution in [0.25, 0.3) is 0 Å². The van der Waals surface area contributed by atoms with Crippen molar-refractivity contribution in [3.8, 4) is 0 Å². The fourth-order valence-corrected chi connectivity index (χ4v) is 10.3. The minimum absolute atomic E-state index is 0.141. The first kappa shape index (κ1) is 22.2. The molecule has 0 heterocycles. The molecule has 0 spiro atoms. The smallest absolute Gasteiger partial charge is 0.138 e. The predicted octanol–water partition coefficient (Wildman–Crippen LogP) is 8.38. The standard InChI is InChI=1S/C30H48O/c1-25(2)15-16-27(5)17-18-29(7)20(21(27)19-25)9-10-23-28(6)13-12-24(31)26(3,4)22(28)11-14-30(23,29)8/h9,21-23H,10-19H2,1-8H3/t21?,22-,23?,27?,28?,29+,30?/m0/s1. The second kappa shape index (κ2) is 6.29. The van der Waals surface area contributed by atoms with E-state index in [4.69, 9.17) is 0 Å². The summed E-state index contributed by atoms with van der Waals surface area (Å²) in [4.78, 5) is 12.9. The van der Waals surface area contributed by atoms with Crippen LogP contribution < -0.4 is 0 Å². The molecule has 0 bridgehead atoms. The number of Topliss-reactive ketones (excluding diaryl/α,β-unsaturated/α-hetero) is 1. The molecule has 1 heteroatoms. The van der Waals surface area contributed by atoms with Gasteiger partial charge < -0.3 is 0 Å². The second-order valence-corrected chi connectivity index (χ2v) is 15.0. The van der Waals surface area contributed by atoms with Crippen molar-refractivity contribution in [3.05, 3.63) is 11.6 Å². The molecule has 0 N–H and O–H groups in total. The number of allylic oxidation sites excluding steroid dienone is 2. The molecular weight excluding hydrogens is 376 g/mol. The van der Waals surface area contributed by atoms with E-state index in [1.807, 2.05) is 5.57 Å². The number of hydrogen-bond donors (Lipinski definition) is 0. The lowest BCUT2D eigenvalue weighted by Crippen LogP contribution is -2.64. The fourth-order valence-electron chi connectivity index (χ4n) is 10.3. The van der Waals surface area contributed by atoms with Gasteiger partial charge in [0.15, 0.2) is 0 Å². The van der Waals surface area contributed by atoms with Crippen LogP contribution in [0.5, 0.6) is 0 Å². The zero-order valence-corrected chi connectivity index (χ0v) is 21.8. The summed E-state index contributed by atoms with van der Waals surface area (Å²) in [5.41, 5.74) is 3.75. The maximum absolute atomic E-state index is 12.9. The fraction of sp³-hybridized carbons (Fsp3) is 0.900. The van der Waals surface area contributed by atoms with Crippen molar-refractivity contribution in [2.24, 2.45) is 50.2 Å². The zero-order chi connectivity index (χ0) is 22.7. The molecule has 4 fully saturated rings. The minimum atomic E-state index is -0.141. The van der Waals surface area contributed by atoms with Gasteiger partial charge in [0, 0.05) is 11.8 Å². The summed E-state index contributed by atoms with van der Waals surface area (Å²) in [6, 6.07) is 0. The van der Waals surface area contributed by atoms with E-state index in [1.165, 1.54) is 51.4 Å². The molecule has 7 atom stereocenters. The number of fused-ring (bicyclic) bond motifs is 7. The third-order valence-corrected chi connectivity index (χ3v) is 12.8. The summed E-state index contributed by atoms with van der Waals surface area (Å²) in [6.45, 7) is 20.1. The monoisotopic (exact) mass is 424 g/mol. The molecule has 0 amide bonds. The van der Waals surface area contributed by atoms with E-state index >= 15 is 0 Å². The first-order chi connectivity index (χ1) is 14.2. The van der Waals surface area contributed by atoms with Crippen molar-refractivity contribution in [1.82, 2.24) is 0 Å². The molecular formula is C30H48O. The van der Waals surface area contributed by atoms with Gasteiger partial charge in [0.25, 0.3) is 0 Å². The summed E-state index contributed by atoms with van der Waals surface area (Å²) in [5, 5.41) is 0. The lowest BCUT2D eigenvalue weighted by Gasteiger charge is -2.70. The first-order valence-corrected chi connectivity index (χ1v) is 13.4. The van der Waals surface area contributed by atoms with E-state index < -0.39 is 0 Å². The summed E-state index contributed by atoms with van der Waals surface area (Å²) < 4.78 is 0. The average molecular weight is 425 g/mol. The molecule has 5 aliphatic carbocycles. The highest BCUT2D eigenvalue weighted by molar-refractivity contribution is 5.85. The Morgan fingerprint density at radius 1 is 0.806 bits per heavy atom. The lowest BCUT2D eigenvalue weighted by atomic mass is 9.34. The second-order valence-electron chi connectivity index (χ2n) is 15.0. The predicted molar refractivity (Wildman–Crippen MR) is 130 cm³/mol. The van der Waals surface area contributed by atoms with Crippen LogP contribution in [0.1, 0.15) is 120 Å². The van der Waals surface area contributed by atoms with Crippen molar-refractivity contribution in [1.29, 1.82) is 0 Å². The number of carbonyl (C=O) groups is 1. The number of rotatable bonds is 0. The van der Waals surface area contributed by atoms with E-state index in [-0.39, 0.29) is 5.41 Å². The van der Waals surface area contributed by atoms with E-state index in [0.29, 0.717) is 38.8 Å². The molecule has 174 valence electrons. The molecule has 0 aromatic heterocycles. The molecule has 0 saturated heterocycles. The number of carbonyl (C=O) groups excluding carboxylic acids is 1. The van der Waals surface area contributed by atoms with Crippen LogP contribution in [0, 0.1) is 50.2 Å². The highest BCUT2D eigenvalue weighted by Crippen LogP contribution is 2.75. The molecule has 5 aliphatic rings. The average Bonchev–Trinajstić information content (AvgIpc) is 2.67. The quantitative estimate of drug-likeness (QED) is 0.357. The van der Waals surface area contributed by atoms with Crippen molar-refractivity contribution in [3.63, 3.8) is 0 Å². The highest BCUT2D eigenvalue weighted by atomic mass is 16.1. The Kier molecular flexibility index (Phi) is 4.51. The molecule has 31 heavy (non-hydrogen) atoms. The van der Waals surface area contributed by atoms with Gasteiger partial charge in [-0.25, -0.2) is 0 Å². The van der Waals surface area contributed by atoms with Gasteiger partial charge in [0.05, 0.1) is 0 Å². The van der Waals surface area contributed by atoms with Gasteiger partial charge in [-0.2, -0.15) is 0 Å². The van der Waals surface area contributed by atoms with Crippen molar-refractivity contribution < 1.29 is 4.79 Å². The van der Waals surface area contributed by atoms with Gasteiger partial charge in [-0.3, -0.25) is 4.79 Å². The first-order valence-electron chi connectivity index (χ1n) is 13.4. The van der Waals surface area contributed by atoms with E-state index in [2.05, 4.69) is 61.5 Å². The molecule has 0 radical (unpaired) electrons. The van der Waals surface area contributed by atoms with Crippen LogP contribution in [0.15, 0.2) is 11.6 Å². The number of ketones is 1. The maximum Gasteiger partial charge on any atom is 0.138 e. The normalized spacial score (nSPS) is 52.8. The highest BCUT2D eigenvalue weighted by Gasteiger charge is 2.67. The summed E-state index contributed by atoms with van der Waals surface area (Å²) in [5.74, 6) is 2.58. The summed E-state index contributed by atoms with van der Waals surface area (Å²) in [7, 11) is 0. The maximum atomic E-state index is 12.9. The molecule has 5 rings (SSSR count). The number of hydrogen-bond acceptors (Lipinski definition) is 1. The van der Waals surface area contributed by atoms with E-state index in [9.17, 15) is 4.79 Å². The SMILES string of the molecule is CC1(C)CCC2(C)CC[C@]3(C)C(=CCC4C5(C)CCC(=O)C(C)(C)[C@@H]5CCC43C)C2C1. The Labute approximate surface area is 192 Å². The van der Waals surface area contributed by atoms with Gasteiger partial charge in [-0.05, 0) is 103 Å². The van der Waals surface area contributed by atoms with Gasteiger partial charge >= 0.3 is 0 Å². The van der Waals surface area contributed by atoms with Crippen molar-refractivity contribution in [2.45, 2.75) is 120 Å². The van der Waals surface area contributed by atoms with E-state index in [1.54, 1.807) is 0 Å². The molecule has 0 aromatic carbocycles. The largest absolute Gasteiger partial charge is 0.299 e. The molecule has 0 aliphatic heterocycles. The van der Waals surface area contributed by atoms with Gasteiger partial charge in [-0.1, -0.05) is 67.0 Å². The van der Waals surface area contributed by atoms with E-state index in [0.717, 1.165) is 24.7 Å². The molecule has 1 nitrogen and oxygen atoms in total. The van der Waals surface area contributed by atoms with Crippen LogP contribution >= 0.6 is 0 Å². The Balaban J connectivity index is 1.58. The van der Waals surface area contributed by atoms with Crippen molar-refractivity contribution >= 4 is 5.78 Å². The van der Waals surface area contributed by atoms with Crippen LogP contribution in [0.4, 0.5) is 0 Å². The van der Waals surface area contributed by atoms with Gasteiger partial charge in [-0.15, -0.1) is 0 Å².